The van der Waals surface area contributed by atoms with Crippen molar-refractivity contribution in [3.8, 4) is 5.75 Å². The lowest BCUT2D eigenvalue weighted by molar-refractivity contribution is -0.116. The average molecular weight is 412 g/mol. The van der Waals surface area contributed by atoms with Gasteiger partial charge in [0.15, 0.2) is 0 Å². The fourth-order valence-corrected chi connectivity index (χ4v) is 2.78. The topological polar surface area (TPSA) is 64.6 Å². The summed E-state index contributed by atoms with van der Waals surface area (Å²) >= 11 is 0. The first kappa shape index (κ1) is 23.5. The van der Waals surface area contributed by atoms with Gasteiger partial charge in [0.05, 0.1) is 18.8 Å². The highest BCUT2D eigenvalue weighted by molar-refractivity contribution is 5.93. The molecule has 0 atom stereocenters. The Morgan fingerprint density at radius 2 is 1.57 bits per heavy atom. The number of amides is 1. The Hall–Kier alpha value is -2.82. The smallest absolute Gasteiger partial charge is 0.338 e. The molecule has 2 rings (SSSR count). The van der Waals surface area contributed by atoms with E-state index in [1.54, 1.807) is 24.3 Å². The summed E-state index contributed by atoms with van der Waals surface area (Å²) in [6.07, 6.45) is 2.81. The van der Waals surface area contributed by atoms with Crippen LogP contribution in [0.3, 0.4) is 0 Å². The van der Waals surface area contributed by atoms with Crippen LogP contribution in [0.1, 0.15) is 69.3 Å². The predicted molar refractivity (Wildman–Crippen MR) is 120 cm³/mol. The molecule has 0 aliphatic rings. The number of ether oxygens (including phenoxy) is 2. The maximum Gasteiger partial charge on any atom is 0.338 e. The molecule has 0 fully saturated rings. The van der Waals surface area contributed by atoms with E-state index in [4.69, 9.17) is 9.47 Å². The van der Waals surface area contributed by atoms with Crippen molar-refractivity contribution in [2.75, 3.05) is 18.5 Å². The van der Waals surface area contributed by atoms with Crippen LogP contribution in [0.5, 0.6) is 5.75 Å². The molecule has 5 nitrogen and oxygen atoms in total. The molecule has 30 heavy (non-hydrogen) atoms. The third-order valence-electron chi connectivity index (χ3n) is 4.67. The molecule has 0 aromatic heterocycles. The molecule has 0 aliphatic carbocycles. The van der Waals surface area contributed by atoms with Crippen LogP contribution in [0.4, 0.5) is 5.69 Å². The highest BCUT2D eigenvalue weighted by Crippen LogP contribution is 2.24. The number of rotatable bonds is 10. The number of unbranched alkanes of at least 4 members (excludes halogenated alkanes) is 1. The largest absolute Gasteiger partial charge is 0.494 e. The Bertz CT molecular complexity index is 805. The maximum atomic E-state index is 12.1. The molecule has 0 saturated carbocycles. The van der Waals surface area contributed by atoms with Crippen molar-refractivity contribution in [1.82, 2.24) is 0 Å². The molecule has 2 aromatic carbocycles. The van der Waals surface area contributed by atoms with Crippen LogP contribution in [0.2, 0.25) is 0 Å². The molecule has 0 radical (unpaired) electrons. The van der Waals surface area contributed by atoms with Gasteiger partial charge in [-0.3, -0.25) is 4.79 Å². The molecule has 5 heteroatoms. The number of benzene rings is 2. The highest BCUT2D eigenvalue weighted by atomic mass is 16.5. The minimum atomic E-state index is -0.339. The van der Waals surface area contributed by atoms with Gasteiger partial charge in [0.2, 0.25) is 5.91 Å². The highest BCUT2D eigenvalue weighted by Gasteiger charge is 2.13. The number of esters is 1. The predicted octanol–water partition coefficient (Wildman–Crippen LogP) is 5.74. The molecule has 0 spiro atoms. The van der Waals surface area contributed by atoms with Gasteiger partial charge < -0.3 is 14.8 Å². The number of carbonyl (C=O) groups excluding carboxylic acids is 2. The van der Waals surface area contributed by atoms with Gasteiger partial charge >= 0.3 is 5.97 Å². The second kappa shape index (κ2) is 11.4. The van der Waals surface area contributed by atoms with Crippen LogP contribution in [0, 0.1) is 0 Å². The van der Waals surface area contributed by atoms with E-state index in [0.717, 1.165) is 18.6 Å². The second-order valence-corrected chi connectivity index (χ2v) is 8.34. The van der Waals surface area contributed by atoms with Gasteiger partial charge in [-0.15, -0.1) is 0 Å². The maximum absolute atomic E-state index is 12.1. The summed E-state index contributed by atoms with van der Waals surface area (Å²) in [5, 5.41) is 2.84. The summed E-state index contributed by atoms with van der Waals surface area (Å²) in [6.45, 7) is 9.47. The fraction of sp³-hybridized carbons (Fsp3) is 0.440. The Morgan fingerprint density at radius 1 is 0.900 bits per heavy atom. The van der Waals surface area contributed by atoms with Crippen LogP contribution in [-0.2, 0) is 14.9 Å². The number of hydrogen-bond donors (Lipinski definition) is 1. The summed E-state index contributed by atoms with van der Waals surface area (Å²) in [4.78, 5) is 24.0. The van der Waals surface area contributed by atoms with Gasteiger partial charge in [0.1, 0.15) is 5.75 Å². The van der Waals surface area contributed by atoms with Crippen molar-refractivity contribution in [3.63, 3.8) is 0 Å². The van der Waals surface area contributed by atoms with Gasteiger partial charge in [0.25, 0.3) is 0 Å². The third kappa shape index (κ3) is 7.90. The lowest BCUT2D eigenvalue weighted by atomic mass is 9.87. The Morgan fingerprint density at radius 3 is 2.17 bits per heavy atom. The zero-order valence-corrected chi connectivity index (χ0v) is 18.5. The molecule has 0 unspecified atom stereocenters. The van der Waals surface area contributed by atoms with Crippen molar-refractivity contribution in [2.24, 2.45) is 0 Å². The summed E-state index contributed by atoms with van der Waals surface area (Å²) in [5.74, 6) is 0.388. The van der Waals surface area contributed by atoms with Crippen LogP contribution >= 0.6 is 0 Å². The minimum Gasteiger partial charge on any atom is -0.494 e. The molecule has 0 saturated heterocycles. The van der Waals surface area contributed by atoms with Crippen molar-refractivity contribution in [3.05, 3.63) is 59.7 Å². The first-order chi connectivity index (χ1) is 14.3. The summed E-state index contributed by atoms with van der Waals surface area (Å²) in [5.41, 5.74) is 2.51. The van der Waals surface area contributed by atoms with E-state index in [-0.39, 0.29) is 17.3 Å². The van der Waals surface area contributed by atoms with E-state index in [1.807, 2.05) is 19.1 Å². The molecule has 0 bridgehead atoms. The zero-order chi connectivity index (χ0) is 22.0. The van der Waals surface area contributed by atoms with Crippen LogP contribution < -0.4 is 10.1 Å². The molecule has 0 aliphatic heterocycles. The first-order valence-electron chi connectivity index (χ1n) is 10.6. The lowest BCUT2D eigenvalue weighted by Crippen LogP contribution is -2.13. The zero-order valence-electron chi connectivity index (χ0n) is 18.5. The number of carbonyl (C=O) groups is 2. The molecule has 2 aromatic rings. The van der Waals surface area contributed by atoms with Gasteiger partial charge in [-0.25, -0.2) is 4.79 Å². The van der Waals surface area contributed by atoms with Gasteiger partial charge in [-0.05, 0) is 60.2 Å². The number of anilines is 1. The first-order valence-corrected chi connectivity index (χ1v) is 10.6. The molecule has 162 valence electrons. The molecule has 0 heterocycles. The quantitative estimate of drug-likeness (QED) is 0.400. The normalized spacial score (nSPS) is 11.1. The Labute approximate surface area is 179 Å². The number of nitrogens with one attached hydrogen (secondary N) is 1. The van der Waals surface area contributed by atoms with E-state index in [0.29, 0.717) is 37.3 Å². The van der Waals surface area contributed by atoms with Crippen LogP contribution in [0.25, 0.3) is 0 Å². The summed E-state index contributed by atoms with van der Waals surface area (Å²) in [7, 11) is 0. The average Bonchev–Trinajstić information content (AvgIpc) is 2.71. The van der Waals surface area contributed by atoms with Crippen molar-refractivity contribution < 1.29 is 19.1 Å². The monoisotopic (exact) mass is 411 g/mol. The summed E-state index contributed by atoms with van der Waals surface area (Å²) < 4.78 is 10.9. The molecular formula is C25H33NO4. The fourth-order valence-electron chi connectivity index (χ4n) is 2.78. The minimum absolute atomic E-state index is 0.0834. The van der Waals surface area contributed by atoms with E-state index in [1.165, 1.54) is 5.56 Å². The van der Waals surface area contributed by atoms with Gasteiger partial charge in [-0.2, -0.15) is 0 Å². The van der Waals surface area contributed by atoms with Crippen molar-refractivity contribution in [1.29, 1.82) is 0 Å². The van der Waals surface area contributed by atoms with Gasteiger partial charge in [0, 0.05) is 12.1 Å². The standard InChI is InChI=1S/C25H33NO4/c1-5-6-17-30-24(28)19-9-13-21(14-10-19)26-23(27)8-7-18-29-22-15-11-20(12-16-22)25(2,3)4/h9-16H,5-8,17-18H2,1-4H3,(H,26,27). The number of hydrogen-bond acceptors (Lipinski definition) is 4. The Kier molecular flexibility index (Phi) is 8.90. The van der Waals surface area contributed by atoms with Crippen molar-refractivity contribution in [2.45, 2.75) is 58.8 Å². The van der Waals surface area contributed by atoms with E-state index >= 15 is 0 Å². The SMILES string of the molecule is CCCCOC(=O)c1ccc(NC(=O)CCCOc2ccc(C(C)(C)C)cc2)cc1. The third-order valence-corrected chi connectivity index (χ3v) is 4.67. The second-order valence-electron chi connectivity index (χ2n) is 8.34. The lowest BCUT2D eigenvalue weighted by Gasteiger charge is -2.19. The summed E-state index contributed by atoms with van der Waals surface area (Å²) in [6, 6.07) is 14.8. The molecular weight excluding hydrogens is 378 g/mol. The van der Waals surface area contributed by atoms with E-state index < -0.39 is 0 Å². The Balaban J connectivity index is 1.70. The van der Waals surface area contributed by atoms with Gasteiger partial charge in [-0.1, -0.05) is 46.2 Å². The van der Waals surface area contributed by atoms with E-state index in [9.17, 15) is 9.59 Å². The molecule has 1 N–H and O–H groups in total. The van der Waals surface area contributed by atoms with Crippen molar-refractivity contribution >= 4 is 17.6 Å². The molecule has 1 amide bonds. The van der Waals surface area contributed by atoms with E-state index in [2.05, 4.69) is 38.2 Å². The van der Waals surface area contributed by atoms with Crippen LogP contribution in [-0.4, -0.2) is 25.1 Å². The van der Waals surface area contributed by atoms with Crippen LogP contribution in [0.15, 0.2) is 48.5 Å².